The summed E-state index contributed by atoms with van der Waals surface area (Å²) in [7, 11) is 2.91. The molecule has 0 bridgehead atoms. The molecule has 1 aliphatic rings. The van der Waals surface area contributed by atoms with Crippen molar-refractivity contribution < 1.29 is 19.4 Å². The van der Waals surface area contributed by atoms with E-state index in [9.17, 15) is 9.90 Å². The van der Waals surface area contributed by atoms with Gasteiger partial charge in [0.05, 0.1) is 25.3 Å². The van der Waals surface area contributed by atoms with Crippen LogP contribution in [-0.2, 0) is 12.8 Å². The quantitative estimate of drug-likeness (QED) is 0.477. The van der Waals surface area contributed by atoms with Crippen LogP contribution in [0.25, 0.3) is 0 Å². The Bertz CT molecular complexity index is 780. The minimum atomic E-state index is -0.211. The molecule has 26 heavy (non-hydrogen) atoms. The number of benzene rings is 1. The molecule has 1 aromatic heterocycles. The maximum Gasteiger partial charge on any atom is 0.281 e. The normalized spacial score (nSPS) is 13.9. The number of carbonyl (C=O) groups excluding carboxylic acids is 1. The summed E-state index contributed by atoms with van der Waals surface area (Å²) >= 11 is 1.56. The first-order chi connectivity index (χ1) is 12.6. The number of hydrazone groups is 1. The number of ether oxygens (including phenoxy) is 2. The number of fused-ring (bicyclic) bond motifs is 1. The van der Waals surface area contributed by atoms with E-state index >= 15 is 0 Å². The number of phenolic OH excluding ortho intramolecular Hbond substituents is 1. The van der Waals surface area contributed by atoms with Gasteiger partial charge in [-0.2, -0.15) is 5.10 Å². The number of hydrogen-bond donors (Lipinski definition) is 2. The van der Waals surface area contributed by atoms with Crippen LogP contribution in [0.3, 0.4) is 0 Å². The minimum Gasteiger partial charge on any atom is -0.502 e. The molecule has 138 valence electrons. The first kappa shape index (κ1) is 18.3. The molecule has 1 heterocycles. The molecule has 0 saturated carbocycles. The molecule has 2 N–H and O–H groups in total. The monoisotopic (exact) mass is 374 g/mol. The summed E-state index contributed by atoms with van der Waals surface area (Å²) in [5, 5.41) is 13.9. The van der Waals surface area contributed by atoms with Crippen LogP contribution in [0.15, 0.2) is 23.3 Å². The standard InChI is InChI=1S/C19H22N2O4S/c1-24-14-8-12(9-15(25-2)18(14)22)11-20-21-19(23)17-10-13-6-4-3-5-7-16(13)26-17/h8-11,22H,3-7H2,1-2H3,(H,21,23)/b20-11+. The fourth-order valence-corrected chi connectivity index (χ4v) is 4.13. The number of amides is 1. The van der Waals surface area contributed by atoms with Gasteiger partial charge in [-0.1, -0.05) is 6.42 Å². The van der Waals surface area contributed by atoms with Crippen molar-refractivity contribution in [2.45, 2.75) is 32.1 Å². The Balaban J connectivity index is 1.69. The summed E-state index contributed by atoms with van der Waals surface area (Å²) in [6, 6.07) is 5.21. The molecular weight excluding hydrogens is 352 g/mol. The van der Waals surface area contributed by atoms with E-state index in [-0.39, 0.29) is 23.2 Å². The third-order valence-corrected chi connectivity index (χ3v) is 5.59. The molecule has 6 nitrogen and oxygen atoms in total. The van der Waals surface area contributed by atoms with Gasteiger partial charge in [-0.15, -0.1) is 11.3 Å². The Labute approximate surface area is 156 Å². The Kier molecular flexibility index (Phi) is 5.78. The molecule has 1 amide bonds. The number of thiophene rings is 1. The van der Waals surface area contributed by atoms with Gasteiger partial charge in [0.2, 0.25) is 5.75 Å². The minimum absolute atomic E-state index is 0.0729. The van der Waals surface area contributed by atoms with E-state index in [1.807, 2.05) is 6.07 Å². The van der Waals surface area contributed by atoms with Crippen LogP contribution in [-0.4, -0.2) is 31.4 Å². The lowest BCUT2D eigenvalue weighted by Crippen LogP contribution is -2.16. The topological polar surface area (TPSA) is 80.2 Å². The number of aryl methyl sites for hydroxylation is 2. The van der Waals surface area contributed by atoms with Crippen molar-refractivity contribution in [2.75, 3.05) is 14.2 Å². The third kappa shape index (κ3) is 3.99. The van der Waals surface area contributed by atoms with Gasteiger partial charge in [-0.3, -0.25) is 4.79 Å². The van der Waals surface area contributed by atoms with Crippen molar-refractivity contribution in [3.63, 3.8) is 0 Å². The van der Waals surface area contributed by atoms with E-state index in [0.717, 1.165) is 12.8 Å². The Hall–Kier alpha value is -2.54. The van der Waals surface area contributed by atoms with E-state index in [0.29, 0.717) is 10.4 Å². The Morgan fingerprint density at radius 3 is 2.54 bits per heavy atom. The van der Waals surface area contributed by atoms with Crippen LogP contribution < -0.4 is 14.9 Å². The molecule has 2 aromatic rings. The molecule has 0 aliphatic heterocycles. The van der Waals surface area contributed by atoms with Gasteiger partial charge in [0.15, 0.2) is 11.5 Å². The molecule has 0 spiro atoms. The summed E-state index contributed by atoms with van der Waals surface area (Å²) < 4.78 is 10.2. The Morgan fingerprint density at radius 2 is 1.85 bits per heavy atom. The number of carbonyl (C=O) groups is 1. The number of nitrogens with one attached hydrogen (secondary N) is 1. The smallest absolute Gasteiger partial charge is 0.281 e. The zero-order valence-corrected chi connectivity index (χ0v) is 15.7. The molecule has 0 unspecified atom stereocenters. The third-order valence-electron chi connectivity index (χ3n) is 4.35. The van der Waals surface area contributed by atoms with E-state index in [1.165, 1.54) is 50.1 Å². The summed E-state index contributed by atoms with van der Waals surface area (Å²) in [6.07, 6.45) is 7.23. The van der Waals surface area contributed by atoms with Crippen molar-refractivity contribution in [1.82, 2.24) is 5.43 Å². The van der Waals surface area contributed by atoms with Crippen LogP contribution in [0, 0.1) is 0 Å². The average Bonchev–Trinajstić information content (AvgIpc) is 2.93. The molecule has 0 radical (unpaired) electrons. The van der Waals surface area contributed by atoms with Crippen LogP contribution in [0.5, 0.6) is 17.2 Å². The SMILES string of the molecule is COc1cc(/C=N/NC(=O)c2cc3c(s2)CCCCC3)cc(OC)c1O. The van der Waals surface area contributed by atoms with Crippen LogP contribution in [0.4, 0.5) is 0 Å². The van der Waals surface area contributed by atoms with E-state index < -0.39 is 0 Å². The molecule has 0 fully saturated rings. The van der Waals surface area contributed by atoms with Crippen molar-refractivity contribution in [1.29, 1.82) is 0 Å². The average molecular weight is 374 g/mol. The summed E-state index contributed by atoms with van der Waals surface area (Å²) in [6.45, 7) is 0. The summed E-state index contributed by atoms with van der Waals surface area (Å²) in [4.78, 5) is 14.3. The molecule has 1 aromatic carbocycles. The fraction of sp³-hybridized carbons (Fsp3) is 0.368. The fourth-order valence-electron chi connectivity index (χ4n) is 2.99. The molecule has 1 aliphatic carbocycles. The maximum atomic E-state index is 12.3. The van der Waals surface area contributed by atoms with Gasteiger partial charge < -0.3 is 14.6 Å². The van der Waals surface area contributed by atoms with Crippen LogP contribution >= 0.6 is 11.3 Å². The van der Waals surface area contributed by atoms with Gasteiger partial charge in [0, 0.05) is 10.4 Å². The van der Waals surface area contributed by atoms with Gasteiger partial charge in [0.25, 0.3) is 5.91 Å². The second kappa shape index (κ2) is 8.23. The van der Waals surface area contributed by atoms with Crippen molar-refractivity contribution in [3.05, 3.63) is 39.1 Å². The summed E-state index contributed by atoms with van der Waals surface area (Å²) in [5.74, 6) is 0.270. The molecule has 3 rings (SSSR count). The Morgan fingerprint density at radius 1 is 1.15 bits per heavy atom. The lowest BCUT2D eigenvalue weighted by molar-refractivity contribution is 0.0959. The van der Waals surface area contributed by atoms with Gasteiger partial charge >= 0.3 is 0 Å². The maximum absolute atomic E-state index is 12.3. The van der Waals surface area contributed by atoms with Crippen molar-refractivity contribution in [2.24, 2.45) is 5.10 Å². The number of rotatable bonds is 5. The van der Waals surface area contributed by atoms with Gasteiger partial charge in [-0.25, -0.2) is 5.43 Å². The van der Waals surface area contributed by atoms with Crippen molar-refractivity contribution in [3.8, 4) is 17.2 Å². The highest BCUT2D eigenvalue weighted by atomic mass is 32.1. The first-order valence-corrected chi connectivity index (χ1v) is 9.34. The number of phenols is 1. The second-order valence-corrected chi connectivity index (χ2v) is 7.23. The largest absolute Gasteiger partial charge is 0.502 e. The second-order valence-electron chi connectivity index (χ2n) is 6.09. The van der Waals surface area contributed by atoms with E-state index in [2.05, 4.69) is 10.5 Å². The number of hydrogen-bond acceptors (Lipinski definition) is 6. The zero-order chi connectivity index (χ0) is 18.5. The lowest BCUT2D eigenvalue weighted by atomic mass is 10.1. The zero-order valence-electron chi connectivity index (χ0n) is 14.9. The first-order valence-electron chi connectivity index (χ1n) is 8.52. The van der Waals surface area contributed by atoms with Crippen molar-refractivity contribution >= 4 is 23.5 Å². The van der Waals surface area contributed by atoms with Crippen LogP contribution in [0.1, 0.15) is 44.9 Å². The molecule has 7 heteroatoms. The highest BCUT2D eigenvalue weighted by Gasteiger charge is 2.16. The van der Waals surface area contributed by atoms with E-state index in [4.69, 9.17) is 9.47 Å². The highest BCUT2D eigenvalue weighted by molar-refractivity contribution is 7.14. The summed E-state index contributed by atoms with van der Waals surface area (Å²) in [5.41, 5.74) is 4.50. The van der Waals surface area contributed by atoms with E-state index in [1.54, 1.807) is 23.5 Å². The molecular formula is C19H22N2O4S. The predicted octanol–water partition coefficient (Wildman–Crippen LogP) is 3.50. The van der Waals surface area contributed by atoms with Gasteiger partial charge in [-0.05, 0) is 49.4 Å². The van der Waals surface area contributed by atoms with Crippen LogP contribution in [0.2, 0.25) is 0 Å². The molecule has 0 saturated heterocycles. The number of aromatic hydroxyl groups is 1. The number of nitrogens with zero attached hydrogens (tertiary/aromatic N) is 1. The predicted molar refractivity (Wildman–Crippen MR) is 102 cm³/mol. The highest BCUT2D eigenvalue weighted by Crippen LogP contribution is 2.36. The number of methoxy groups -OCH3 is 2. The molecule has 0 atom stereocenters. The van der Waals surface area contributed by atoms with Gasteiger partial charge in [0.1, 0.15) is 0 Å². The lowest BCUT2D eigenvalue weighted by Gasteiger charge is -2.09.